The standard InChI is InChI=1S/C51H31N5O/c1-4-15-32(16-5-1)49-52-50(33-17-6-2-7-18-33)54-51(53-49)41-23-14-26-44-46(41)40-28-27-35(31-45(40)57-44)56-43-25-13-11-22-37(43)39-30-29-38-36-21-10-12-24-42(36)55(47(38)48(39)56)34-19-8-3-9-20-34/h1-31H/i10D,11D,21D,24D,25D,29D,30D. The molecular formula is C51H31N5O. The van der Waals surface area contributed by atoms with E-state index in [1.165, 1.54) is 12.1 Å². The first kappa shape index (κ1) is 25.3. The molecule has 8 aromatic carbocycles. The Morgan fingerprint density at radius 2 is 1.04 bits per heavy atom. The molecule has 0 bridgehead atoms. The molecule has 0 unspecified atom stereocenters. The van der Waals surface area contributed by atoms with Gasteiger partial charge in [-0.25, -0.2) is 15.0 Å². The Kier molecular flexibility index (Phi) is 5.48. The van der Waals surface area contributed by atoms with Crippen LogP contribution in [0.3, 0.4) is 0 Å². The number of hydrogen-bond donors (Lipinski definition) is 0. The molecule has 0 fully saturated rings. The number of aromatic nitrogens is 5. The molecule has 4 aromatic heterocycles. The largest absolute Gasteiger partial charge is 0.456 e. The summed E-state index contributed by atoms with van der Waals surface area (Å²) >= 11 is 0. The molecule has 0 aliphatic rings. The third kappa shape index (κ3) is 4.81. The zero-order chi connectivity index (χ0) is 43.5. The van der Waals surface area contributed by atoms with E-state index >= 15 is 0 Å². The summed E-state index contributed by atoms with van der Waals surface area (Å²) in [5.74, 6) is 1.53. The third-order valence-corrected chi connectivity index (χ3v) is 10.6. The predicted octanol–water partition coefficient (Wildman–Crippen LogP) is 13.0. The summed E-state index contributed by atoms with van der Waals surface area (Å²) in [6.45, 7) is 0. The van der Waals surface area contributed by atoms with E-state index in [1.807, 2.05) is 137 Å². The van der Waals surface area contributed by atoms with E-state index in [9.17, 15) is 4.11 Å². The first-order chi connectivity index (χ1) is 31.2. The summed E-state index contributed by atoms with van der Waals surface area (Å²) < 4.78 is 74.4. The van der Waals surface area contributed by atoms with Crippen LogP contribution in [0.25, 0.3) is 111 Å². The molecule has 4 heterocycles. The molecule has 0 N–H and O–H groups in total. The average Bonchev–Trinajstić information content (AvgIpc) is 3.99. The molecule has 0 saturated heterocycles. The van der Waals surface area contributed by atoms with Gasteiger partial charge in [0.1, 0.15) is 11.2 Å². The number of fused-ring (bicyclic) bond motifs is 10. The highest BCUT2D eigenvalue weighted by molar-refractivity contribution is 6.24. The number of hydrogen-bond acceptors (Lipinski definition) is 4. The number of furan rings is 1. The van der Waals surface area contributed by atoms with E-state index in [2.05, 4.69) is 0 Å². The molecule has 0 radical (unpaired) electrons. The lowest BCUT2D eigenvalue weighted by Crippen LogP contribution is -2.00. The van der Waals surface area contributed by atoms with E-state index in [0.29, 0.717) is 72.9 Å². The van der Waals surface area contributed by atoms with Crippen LogP contribution in [-0.4, -0.2) is 24.1 Å². The van der Waals surface area contributed by atoms with Gasteiger partial charge in [0.25, 0.3) is 0 Å². The Hall–Kier alpha value is -7.83. The summed E-state index contributed by atoms with van der Waals surface area (Å²) in [6.07, 6.45) is 0. The van der Waals surface area contributed by atoms with Crippen LogP contribution < -0.4 is 0 Å². The van der Waals surface area contributed by atoms with Crippen LogP contribution in [-0.2, 0) is 0 Å². The Morgan fingerprint density at radius 1 is 0.421 bits per heavy atom. The third-order valence-electron chi connectivity index (χ3n) is 10.6. The molecular weight excluding hydrogens is 699 g/mol. The van der Waals surface area contributed by atoms with Crippen LogP contribution in [0.15, 0.2) is 192 Å². The van der Waals surface area contributed by atoms with Gasteiger partial charge >= 0.3 is 0 Å². The average molecular weight is 737 g/mol. The van der Waals surface area contributed by atoms with Crippen molar-refractivity contribution in [3.63, 3.8) is 0 Å². The summed E-state index contributed by atoms with van der Waals surface area (Å²) in [6, 6.07) is 44.4. The summed E-state index contributed by atoms with van der Waals surface area (Å²) in [5, 5.41) is 2.86. The van der Waals surface area contributed by atoms with Gasteiger partial charge in [0, 0.05) is 60.8 Å². The molecule has 0 atom stereocenters. The fraction of sp³-hybridized carbons (Fsp3) is 0. The van der Waals surface area contributed by atoms with Crippen molar-refractivity contribution in [1.82, 2.24) is 24.1 Å². The summed E-state index contributed by atoms with van der Waals surface area (Å²) in [5.41, 5.74) is 6.46. The topological polar surface area (TPSA) is 61.7 Å². The van der Waals surface area contributed by atoms with Crippen molar-refractivity contribution in [2.45, 2.75) is 0 Å². The molecule has 12 aromatic rings. The van der Waals surface area contributed by atoms with E-state index in [4.69, 9.17) is 24.9 Å². The van der Waals surface area contributed by atoms with Gasteiger partial charge in [-0.3, -0.25) is 0 Å². The maximum atomic E-state index is 9.56. The van der Waals surface area contributed by atoms with Crippen molar-refractivity contribution >= 4 is 65.6 Å². The zero-order valence-corrected chi connectivity index (χ0v) is 30.0. The van der Waals surface area contributed by atoms with Crippen molar-refractivity contribution in [3.05, 3.63) is 188 Å². The highest BCUT2D eigenvalue weighted by atomic mass is 16.3. The van der Waals surface area contributed by atoms with E-state index in [1.54, 1.807) is 6.07 Å². The van der Waals surface area contributed by atoms with Crippen LogP contribution in [0.2, 0.25) is 0 Å². The van der Waals surface area contributed by atoms with Gasteiger partial charge in [0.15, 0.2) is 17.5 Å². The lowest BCUT2D eigenvalue weighted by molar-refractivity contribution is 0.668. The van der Waals surface area contributed by atoms with Crippen LogP contribution in [0.1, 0.15) is 9.60 Å². The highest BCUT2D eigenvalue weighted by Gasteiger charge is 2.23. The molecule has 0 aliphatic carbocycles. The van der Waals surface area contributed by atoms with Gasteiger partial charge in [0.05, 0.1) is 37.3 Å². The van der Waals surface area contributed by atoms with Gasteiger partial charge in [-0.2, -0.15) is 0 Å². The Balaban J connectivity index is 1.18. The van der Waals surface area contributed by atoms with Crippen LogP contribution in [0.4, 0.5) is 0 Å². The minimum atomic E-state index is -0.175. The Morgan fingerprint density at radius 3 is 1.75 bits per heavy atom. The number of para-hydroxylation sites is 3. The molecule has 6 heteroatoms. The minimum absolute atomic E-state index is 0.00289. The maximum Gasteiger partial charge on any atom is 0.164 e. The second kappa shape index (κ2) is 12.3. The van der Waals surface area contributed by atoms with Gasteiger partial charge < -0.3 is 13.6 Å². The van der Waals surface area contributed by atoms with Crippen LogP contribution >= 0.6 is 0 Å². The molecule has 0 saturated carbocycles. The molecule has 6 nitrogen and oxygen atoms in total. The van der Waals surface area contributed by atoms with Crippen molar-refractivity contribution in [1.29, 1.82) is 0 Å². The molecule has 0 spiro atoms. The Labute approximate surface area is 336 Å². The minimum Gasteiger partial charge on any atom is -0.456 e. The van der Waals surface area contributed by atoms with E-state index < -0.39 is 0 Å². The summed E-state index contributed by atoms with van der Waals surface area (Å²) in [4.78, 5) is 14.9. The molecule has 0 amide bonds. The lowest BCUT2D eigenvalue weighted by atomic mass is 10.0. The van der Waals surface area contributed by atoms with Gasteiger partial charge in [0.2, 0.25) is 0 Å². The first-order valence-electron chi connectivity index (χ1n) is 22.0. The van der Waals surface area contributed by atoms with Crippen molar-refractivity contribution < 1.29 is 14.0 Å². The number of benzene rings is 8. The molecule has 57 heavy (non-hydrogen) atoms. The second-order valence-corrected chi connectivity index (χ2v) is 13.8. The van der Waals surface area contributed by atoms with Gasteiger partial charge in [-0.15, -0.1) is 0 Å². The predicted molar refractivity (Wildman–Crippen MR) is 232 cm³/mol. The van der Waals surface area contributed by atoms with Crippen LogP contribution in [0, 0.1) is 0 Å². The van der Waals surface area contributed by atoms with E-state index in [0.717, 1.165) is 27.5 Å². The quantitative estimate of drug-likeness (QED) is 0.176. The lowest BCUT2D eigenvalue weighted by Gasteiger charge is -2.12. The van der Waals surface area contributed by atoms with E-state index in [-0.39, 0.29) is 53.1 Å². The monoisotopic (exact) mass is 736 g/mol. The second-order valence-electron chi connectivity index (χ2n) is 13.8. The fourth-order valence-corrected chi connectivity index (χ4v) is 8.14. The SMILES string of the molecule is [2H]c1cc([2H])c2c(c1)c1c([2H])c([2H])c3c4c([2H])c([2H])cc([2H])c4n(-c4ccccc4)c3c1n2-c1ccc2c(c1)oc1cccc(-c3nc(-c4ccccc4)nc(-c4ccccc4)n3)c12. The number of rotatable bonds is 5. The van der Waals surface area contributed by atoms with Crippen molar-refractivity contribution in [3.8, 4) is 45.5 Å². The Bertz CT molecular complexity index is 3870. The van der Waals surface area contributed by atoms with Crippen LogP contribution in [0.5, 0.6) is 0 Å². The van der Waals surface area contributed by atoms with Crippen molar-refractivity contribution in [2.75, 3.05) is 0 Å². The highest BCUT2D eigenvalue weighted by Crippen LogP contribution is 2.43. The molecule has 0 aliphatic heterocycles. The maximum absolute atomic E-state index is 9.56. The first-order valence-corrected chi connectivity index (χ1v) is 18.5. The normalized spacial score (nSPS) is 13.6. The molecule has 266 valence electrons. The fourth-order valence-electron chi connectivity index (χ4n) is 8.14. The zero-order valence-electron chi connectivity index (χ0n) is 37.0. The van der Waals surface area contributed by atoms with Gasteiger partial charge in [-0.05, 0) is 42.4 Å². The number of nitrogens with zero attached hydrogens (tertiary/aromatic N) is 5. The van der Waals surface area contributed by atoms with Gasteiger partial charge in [-0.1, -0.05) is 139 Å². The summed E-state index contributed by atoms with van der Waals surface area (Å²) in [7, 11) is 0. The van der Waals surface area contributed by atoms with Crippen molar-refractivity contribution in [2.24, 2.45) is 0 Å². The molecule has 12 rings (SSSR count). The smallest absolute Gasteiger partial charge is 0.164 e.